The Morgan fingerprint density at radius 2 is 1.81 bits per heavy atom. The number of aromatic nitrogens is 1. The van der Waals surface area contributed by atoms with Crippen LogP contribution in [0.4, 0.5) is 0 Å². The first kappa shape index (κ1) is 15.5. The van der Waals surface area contributed by atoms with Gasteiger partial charge in [-0.3, -0.25) is 0 Å². The van der Waals surface area contributed by atoms with Gasteiger partial charge in [0.25, 0.3) is 0 Å². The van der Waals surface area contributed by atoms with Gasteiger partial charge in [0.05, 0.1) is 0 Å². The number of nitrogens with one attached hydrogen (secondary N) is 1. The van der Waals surface area contributed by atoms with Crippen molar-refractivity contribution in [3.63, 3.8) is 0 Å². The van der Waals surface area contributed by atoms with Gasteiger partial charge in [0.15, 0.2) is 0 Å². The Kier molecular flexibility index (Phi) is 4.97. The van der Waals surface area contributed by atoms with Gasteiger partial charge in [-0.05, 0) is 35.7 Å². The molecule has 0 radical (unpaired) electrons. The van der Waals surface area contributed by atoms with E-state index in [1.54, 1.807) is 6.20 Å². The minimum absolute atomic E-state index is 0.153. The van der Waals surface area contributed by atoms with Crippen molar-refractivity contribution in [2.75, 3.05) is 6.54 Å². The van der Waals surface area contributed by atoms with Crippen molar-refractivity contribution < 1.29 is 4.74 Å². The van der Waals surface area contributed by atoms with Crippen molar-refractivity contribution in [3.05, 3.63) is 53.7 Å². The van der Waals surface area contributed by atoms with Crippen LogP contribution in [0, 0.1) is 0 Å². The molecule has 2 aromatic rings. The lowest BCUT2D eigenvalue weighted by atomic mass is 9.87. The van der Waals surface area contributed by atoms with Crippen molar-refractivity contribution in [3.8, 4) is 11.6 Å². The molecule has 0 unspecified atom stereocenters. The quantitative estimate of drug-likeness (QED) is 0.889. The van der Waals surface area contributed by atoms with Crippen molar-refractivity contribution in [2.45, 2.75) is 39.7 Å². The van der Waals surface area contributed by atoms with Crippen molar-refractivity contribution in [1.29, 1.82) is 0 Å². The van der Waals surface area contributed by atoms with Crippen LogP contribution in [0.5, 0.6) is 11.6 Å². The van der Waals surface area contributed by atoms with E-state index in [4.69, 9.17) is 4.74 Å². The Morgan fingerprint density at radius 1 is 1.10 bits per heavy atom. The highest BCUT2D eigenvalue weighted by Crippen LogP contribution is 2.27. The summed E-state index contributed by atoms with van der Waals surface area (Å²) in [6, 6.07) is 12.2. The largest absolute Gasteiger partial charge is 0.439 e. The van der Waals surface area contributed by atoms with Crippen LogP contribution in [0.2, 0.25) is 0 Å². The van der Waals surface area contributed by atoms with Crippen LogP contribution in [-0.2, 0) is 12.0 Å². The maximum Gasteiger partial charge on any atom is 0.223 e. The molecule has 0 amide bonds. The van der Waals surface area contributed by atoms with Crippen molar-refractivity contribution in [1.82, 2.24) is 10.3 Å². The molecule has 3 heteroatoms. The summed E-state index contributed by atoms with van der Waals surface area (Å²) in [6.07, 6.45) is 1.76. The summed E-state index contributed by atoms with van der Waals surface area (Å²) >= 11 is 0. The fourth-order valence-electron chi connectivity index (χ4n) is 2.04. The summed E-state index contributed by atoms with van der Waals surface area (Å²) in [5.41, 5.74) is 2.52. The predicted octanol–water partition coefficient (Wildman–Crippen LogP) is 4.28. The monoisotopic (exact) mass is 284 g/mol. The summed E-state index contributed by atoms with van der Waals surface area (Å²) in [7, 11) is 0. The van der Waals surface area contributed by atoms with E-state index in [9.17, 15) is 0 Å². The highest BCUT2D eigenvalue weighted by atomic mass is 16.5. The first-order chi connectivity index (χ1) is 10.0. The minimum atomic E-state index is 0.153. The Morgan fingerprint density at radius 3 is 2.43 bits per heavy atom. The van der Waals surface area contributed by atoms with E-state index in [2.05, 4.69) is 50.1 Å². The molecule has 2 rings (SSSR count). The molecule has 0 aliphatic rings. The molecular weight excluding hydrogens is 260 g/mol. The molecule has 0 saturated carbocycles. The van der Waals surface area contributed by atoms with Crippen LogP contribution in [-0.4, -0.2) is 11.5 Å². The van der Waals surface area contributed by atoms with Crippen molar-refractivity contribution >= 4 is 0 Å². The zero-order chi connectivity index (χ0) is 15.3. The molecular formula is C18H24N2O. The molecule has 0 saturated heterocycles. The first-order valence-corrected chi connectivity index (χ1v) is 7.43. The van der Waals surface area contributed by atoms with E-state index in [0.29, 0.717) is 5.88 Å². The maximum atomic E-state index is 5.92. The molecule has 0 spiro atoms. The molecule has 0 bridgehead atoms. The second kappa shape index (κ2) is 6.72. The molecule has 1 N–H and O–H groups in total. The lowest BCUT2D eigenvalue weighted by molar-refractivity contribution is 0.452. The van der Waals surface area contributed by atoms with Crippen LogP contribution in [0.25, 0.3) is 0 Å². The molecule has 1 aromatic heterocycles. The van der Waals surface area contributed by atoms with Crippen LogP contribution in [0.3, 0.4) is 0 Å². The summed E-state index contributed by atoms with van der Waals surface area (Å²) in [5, 5.41) is 3.30. The third-order valence-corrected chi connectivity index (χ3v) is 3.35. The highest BCUT2D eigenvalue weighted by Gasteiger charge is 2.13. The number of pyridine rings is 1. The van der Waals surface area contributed by atoms with Gasteiger partial charge in [-0.1, -0.05) is 45.9 Å². The normalized spacial score (nSPS) is 11.4. The van der Waals surface area contributed by atoms with Crippen LogP contribution >= 0.6 is 0 Å². The number of benzene rings is 1. The van der Waals surface area contributed by atoms with E-state index in [1.165, 1.54) is 5.56 Å². The fourth-order valence-corrected chi connectivity index (χ4v) is 2.04. The van der Waals surface area contributed by atoms with Gasteiger partial charge < -0.3 is 10.1 Å². The molecule has 1 aromatic carbocycles. The van der Waals surface area contributed by atoms with Crippen LogP contribution in [0.1, 0.15) is 38.8 Å². The summed E-state index contributed by atoms with van der Waals surface area (Å²) in [6.45, 7) is 10.4. The van der Waals surface area contributed by atoms with Crippen molar-refractivity contribution in [2.24, 2.45) is 0 Å². The molecule has 0 fully saturated rings. The van der Waals surface area contributed by atoms with Gasteiger partial charge in [-0.2, -0.15) is 0 Å². The van der Waals surface area contributed by atoms with Crippen LogP contribution < -0.4 is 10.1 Å². The minimum Gasteiger partial charge on any atom is -0.439 e. The predicted molar refractivity (Wildman–Crippen MR) is 86.8 cm³/mol. The van der Waals surface area contributed by atoms with Gasteiger partial charge in [-0.15, -0.1) is 0 Å². The number of rotatable bonds is 5. The Bertz CT molecular complexity index is 571. The Hall–Kier alpha value is -1.87. The second-order valence-corrected chi connectivity index (χ2v) is 6.12. The number of hydrogen-bond acceptors (Lipinski definition) is 3. The van der Waals surface area contributed by atoms with Crippen LogP contribution in [0.15, 0.2) is 42.6 Å². The molecule has 0 atom stereocenters. The molecule has 0 aliphatic heterocycles. The lowest BCUT2D eigenvalue weighted by Crippen LogP contribution is -2.13. The van der Waals surface area contributed by atoms with Gasteiger partial charge >= 0.3 is 0 Å². The maximum absolute atomic E-state index is 5.92. The number of nitrogens with zero attached hydrogens (tertiary/aromatic N) is 1. The Balaban J connectivity index is 2.15. The van der Waals surface area contributed by atoms with E-state index < -0.39 is 0 Å². The smallest absolute Gasteiger partial charge is 0.223 e. The summed E-state index contributed by atoms with van der Waals surface area (Å²) in [5.74, 6) is 1.49. The molecule has 0 aliphatic carbocycles. The van der Waals surface area contributed by atoms with Gasteiger partial charge in [0.1, 0.15) is 5.75 Å². The average molecular weight is 284 g/mol. The van der Waals surface area contributed by atoms with E-state index in [1.807, 2.05) is 24.3 Å². The van der Waals surface area contributed by atoms with E-state index in [-0.39, 0.29) is 5.41 Å². The zero-order valence-corrected chi connectivity index (χ0v) is 13.3. The lowest BCUT2D eigenvalue weighted by Gasteiger charge is -2.19. The SMILES string of the molecule is CCNCc1cccnc1Oc1ccc(C(C)(C)C)cc1. The first-order valence-electron chi connectivity index (χ1n) is 7.43. The second-order valence-electron chi connectivity index (χ2n) is 6.12. The standard InChI is InChI=1S/C18H24N2O/c1-5-19-13-14-7-6-12-20-17(14)21-16-10-8-15(9-11-16)18(2,3)4/h6-12,19H,5,13H2,1-4H3. The zero-order valence-electron chi connectivity index (χ0n) is 13.3. The van der Waals surface area contributed by atoms with E-state index in [0.717, 1.165) is 24.4 Å². The highest BCUT2D eigenvalue weighted by molar-refractivity contribution is 5.35. The Labute approximate surface area is 127 Å². The molecule has 21 heavy (non-hydrogen) atoms. The number of ether oxygens (including phenoxy) is 1. The van der Waals surface area contributed by atoms with Gasteiger partial charge in [-0.25, -0.2) is 4.98 Å². The average Bonchev–Trinajstić information content (AvgIpc) is 2.46. The fraction of sp³-hybridized carbons (Fsp3) is 0.389. The summed E-state index contributed by atoms with van der Waals surface area (Å²) < 4.78 is 5.92. The topological polar surface area (TPSA) is 34.2 Å². The van der Waals surface area contributed by atoms with E-state index >= 15 is 0 Å². The third kappa shape index (κ3) is 4.30. The summed E-state index contributed by atoms with van der Waals surface area (Å²) in [4.78, 5) is 4.34. The third-order valence-electron chi connectivity index (χ3n) is 3.35. The number of hydrogen-bond donors (Lipinski definition) is 1. The van der Waals surface area contributed by atoms with Gasteiger partial charge in [0, 0.05) is 18.3 Å². The molecule has 3 nitrogen and oxygen atoms in total. The van der Waals surface area contributed by atoms with Gasteiger partial charge in [0.2, 0.25) is 5.88 Å². The molecule has 1 heterocycles. The molecule has 112 valence electrons.